The monoisotopic (exact) mass is 250 g/mol. The summed E-state index contributed by atoms with van der Waals surface area (Å²) >= 11 is 0. The summed E-state index contributed by atoms with van der Waals surface area (Å²) in [6, 6.07) is 1.94. The second kappa shape index (κ2) is 5.22. The van der Waals surface area contributed by atoms with Crippen LogP contribution in [0.3, 0.4) is 0 Å². The molecule has 0 spiro atoms. The predicted molar refractivity (Wildman–Crippen MR) is 69.1 cm³/mol. The van der Waals surface area contributed by atoms with Gasteiger partial charge in [0, 0.05) is 19.3 Å². The van der Waals surface area contributed by atoms with Crippen LogP contribution in [-0.2, 0) is 12.8 Å². The summed E-state index contributed by atoms with van der Waals surface area (Å²) < 4.78 is 0. The molecule has 98 valence electrons. The molecule has 0 radical (unpaired) electrons. The highest BCUT2D eigenvalue weighted by molar-refractivity contribution is 6.01. The van der Waals surface area contributed by atoms with Gasteiger partial charge in [-0.1, -0.05) is 5.16 Å². The Morgan fingerprint density at radius 1 is 1.56 bits per heavy atom. The molecule has 1 aliphatic carbocycles. The number of oxime groups is 1. The van der Waals surface area contributed by atoms with Gasteiger partial charge in [-0.15, -0.1) is 0 Å². The Kier molecular flexibility index (Phi) is 3.66. The number of aromatic nitrogens is 1. The van der Waals surface area contributed by atoms with Crippen LogP contribution < -0.4 is 10.6 Å². The van der Waals surface area contributed by atoms with Crippen LogP contribution >= 0.6 is 0 Å². The fourth-order valence-corrected chi connectivity index (χ4v) is 2.25. The number of amidine groups is 1. The van der Waals surface area contributed by atoms with Crippen molar-refractivity contribution in [2.24, 2.45) is 10.9 Å². The topological polar surface area (TPSA) is 95.0 Å². The maximum atomic E-state index is 9.00. The second-order valence-electron chi connectivity index (χ2n) is 4.45. The lowest BCUT2D eigenvalue weighted by atomic mass is 10.1. The fraction of sp³-hybridized carbons (Fsp3) is 0.500. The average molecular weight is 250 g/mol. The van der Waals surface area contributed by atoms with Crippen molar-refractivity contribution in [3.8, 4) is 0 Å². The van der Waals surface area contributed by atoms with Gasteiger partial charge in [0.1, 0.15) is 5.82 Å². The Labute approximate surface area is 106 Å². The first-order chi connectivity index (χ1) is 8.67. The van der Waals surface area contributed by atoms with E-state index in [0.717, 1.165) is 30.5 Å². The maximum Gasteiger partial charge on any atom is 0.173 e. The van der Waals surface area contributed by atoms with E-state index in [0.29, 0.717) is 17.9 Å². The molecule has 6 nitrogen and oxygen atoms in total. The van der Waals surface area contributed by atoms with E-state index in [9.17, 15) is 0 Å². The molecule has 6 heteroatoms. The van der Waals surface area contributed by atoms with Gasteiger partial charge in [-0.2, -0.15) is 0 Å². The van der Waals surface area contributed by atoms with Crippen molar-refractivity contribution in [3.63, 3.8) is 0 Å². The molecule has 0 saturated heterocycles. The van der Waals surface area contributed by atoms with E-state index in [4.69, 9.17) is 16.0 Å². The van der Waals surface area contributed by atoms with Gasteiger partial charge in [-0.05, 0) is 30.9 Å². The SMILES string of the molecule is CN(CCO)c1nc2c(cc1C(N)=NO)CCC2. The minimum absolute atomic E-state index is 0.0326. The third-order valence-corrected chi connectivity index (χ3v) is 3.21. The molecule has 0 aliphatic heterocycles. The lowest BCUT2D eigenvalue weighted by Crippen LogP contribution is -2.27. The zero-order chi connectivity index (χ0) is 13.1. The van der Waals surface area contributed by atoms with Crippen molar-refractivity contribution >= 4 is 11.7 Å². The highest BCUT2D eigenvalue weighted by Crippen LogP contribution is 2.26. The number of hydrogen-bond acceptors (Lipinski definition) is 5. The molecule has 0 aromatic carbocycles. The Morgan fingerprint density at radius 2 is 2.33 bits per heavy atom. The Hall–Kier alpha value is -1.82. The van der Waals surface area contributed by atoms with Crippen LogP contribution in [0.2, 0.25) is 0 Å². The molecular weight excluding hydrogens is 232 g/mol. The zero-order valence-corrected chi connectivity index (χ0v) is 10.4. The van der Waals surface area contributed by atoms with Crippen molar-refractivity contribution < 1.29 is 10.3 Å². The van der Waals surface area contributed by atoms with E-state index in [1.165, 1.54) is 0 Å². The molecule has 4 N–H and O–H groups in total. The van der Waals surface area contributed by atoms with E-state index >= 15 is 0 Å². The summed E-state index contributed by atoms with van der Waals surface area (Å²) in [5.41, 5.74) is 8.55. The number of pyridine rings is 1. The van der Waals surface area contributed by atoms with Crippen molar-refractivity contribution in [2.45, 2.75) is 19.3 Å². The van der Waals surface area contributed by atoms with Crippen LogP contribution in [0.5, 0.6) is 0 Å². The summed E-state index contributed by atoms with van der Waals surface area (Å²) in [7, 11) is 1.83. The lowest BCUT2D eigenvalue weighted by molar-refractivity contribution is 0.304. The average Bonchev–Trinajstić information content (AvgIpc) is 2.83. The zero-order valence-electron chi connectivity index (χ0n) is 10.4. The standard InChI is InChI=1S/C12H18N4O2/c1-16(5-6-17)12-9(11(13)15-18)7-8-3-2-4-10(8)14-12/h7,17-18H,2-6H2,1H3,(H2,13,15). The van der Waals surface area contributed by atoms with Crippen LogP contribution in [0, 0.1) is 0 Å². The number of likely N-dealkylation sites (N-methyl/N-ethyl adjacent to an activating group) is 1. The number of hydrogen-bond donors (Lipinski definition) is 3. The molecule has 18 heavy (non-hydrogen) atoms. The summed E-state index contributed by atoms with van der Waals surface area (Å²) in [6.07, 6.45) is 3.04. The first-order valence-electron chi connectivity index (χ1n) is 6.00. The van der Waals surface area contributed by atoms with Gasteiger partial charge < -0.3 is 20.9 Å². The van der Waals surface area contributed by atoms with E-state index in [2.05, 4.69) is 10.1 Å². The third kappa shape index (κ3) is 2.24. The fourth-order valence-electron chi connectivity index (χ4n) is 2.25. The molecule has 1 aromatic heterocycles. The molecule has 0 amide bonds. The first-order valence-corrected chi connectivity index (χ1v) is 6.00. The number of fused-ring (bicyclic) bond motifs is 1. The Morgan fingerprint density at radius 3 is 3.00 bits per heavy atom. The smallest absolute Gasteiger partial charge is 0.173 e. The van der Waals surface area contributed by atoms with Crippen molar-refractivity contribution in [2.75, 3.05) is 25.1 Å². The summed E-state index contributed by atoms with van der Waals surface area (Å²) in [5, 5.41) is 20.9. The van der Waals surface area contributed by atoms with E-state index in [-0.39, 0.29) is 12.4 Å². The molecule has 0 unspecified atom stereocenters. The molecule has 0 atom stereocenters. The van der Waals surface area contributed by atoms with Gasteiger partial charge in [0.05, 0.1) is 12.2 Å². The van der Waals surface area contributed by atoms with Crippen LogP contribution in [0.25, 0.3) is 0 Å². The molecule has 1 aliphatic rings. The molecule has 0 saturated carbocycles. The first kappa shape index (κ1) is 12.6. The second-order valence-corrected chi connectivity index (χ2v) is 4.45. The maximum absolute atomic E-state index is 9.00. The Balaban J connectivity index is 2.48. The highest BCUT2D eigenvalue weighted by atomic mass is 16.4. The number of nitrogens with zero attached hydrogens (tertiary/aromatic N) is 3. The number of rotatable bonds is 4. The van der Waals surface area contributed by atoms with Gasteiger partial charge >= 0.3 is 0 Å². The van der Waals surface area contributed by atoms with Crippen LogP contribution in [0.4, 0.5) is 5.82 Å². The summed E-state index contributed by atoms with van der Waals surface area (Å²) in [4.78, 5) is 6.40. The van der Waals surface area contributed by atoms with Gasteiger partial charge in [0.25, 0.3) is 0 Å². The largest absolute Gasteiger partial charge is 0.409 e. The minimum atomic E-state index is 0.0326. The van der Waals surface area contributed by atoms with Gasteiger partial charge in [0.15, 0.2) is 5.84 Å². The van der Waals surface area contributed by atoms with Gasteiger partial charge in [-0.25, -0.2) is 4.98 Å². The number of nitrogens with two attached hydrogens (primary N) is 1. The molecule has 1 aromatic rings. The Bertz CT molecular complexity index is 473. The van der Waals surface area contributed by atoms with Crippen LogP contribution in [0.1, 0.15) is 23.2 Å². The van der Waals surface area contributed by atoms with Crippen LogP contribution in [-0.4, -0.2) is 41.3 Å². The van der Waals surface area contributed by atoms with E-state index < -0.39 is 0 Å². The number of aryl methyl sites for hydroxylation is 2. The predicted octanol–water partition coefficient (Wildman–Crippen LogP) is 0.0933. The minimum Gasteiger partial charge on any atom is -0.409 e. The number of anilines is 1. The molecule has 0 bridgehead atoms. The van der Waals surface area contributed by atoms with E-state index in [1.807, 2.05) is 18.0 Å². The molecular formula is C12H18N4O2. The summed E-state index contributed by atoms with van der Waals surface area (Å²) in [5.74, 6) is 0.706. The summed E-state index contributed by atoms with van der Waals surface area (Å²) in [6.45, 7) is 0.488. The molecule has 0 fully saturated rings. The van der Waals surface area contributed by atoms with Crippen LogP contribution in [0.15, 0.2) is 11.2 Å². The van der Waals surface area contributed by atoms with Gasteiger partial charge in [0.2, 0.25) is 0 Å². The van der Waals surface area contributed by atoms with Crippen molar-refractivity contribution in [1.29, 1.82) is 0 Å². The quantitative estimate of drug-likeness (QED) is 0.305. The van der Waals surface area contributed by atoms with Crippen molar-refractivity contribution in [3.05, 3.63) is 22.9 Å². The normalized spacial score (nSPS) is 14.7. The lowest BCUT2D eigenvalue weighted by Gasteiger charge is -2.21. The van der Waals surface area contributed by atoms with E-state index in [1.54, 1.807) is 0 Å². The van der Waals surface area contributed by atoms with Crippen molar-refractivity contribution in [1.82, 2.24) is 4.98 Å². The number of aliphatic hydroxyl groups is 1. The highest BCUT2D eigenvalue weighted by Gasteiger charge is 2.20. The molecule has 1 heterocycles. The molecule has 2 rings (SSSR count). The third-order valence-electron chi connectivity index (χ3n) is 3.21. The number of aliphatic hydroxyl groups excluding tert-OH is 1. The van der Waals surface area contributed by atoms with Gasteiger partial charge in [-0.3, -0.25) is 0 Å².